The number of amides is 1. The molecule has 0 fully saturated rings. The van der Waals surface area contributed by atoms with E-state index in [2.05, 4.69) is 31.2 Å². The second kappa shape index (κ2) is 6.88. The first kappa shape index (κ1) is 16.3. The van der Waals surface area contributed by atoms with Gasteiger partial charge in [-0.15, -0.1) is 0 Å². The molecule has 3 aromatic rings. The van der Waals surface area contributed by atoms with Gasteiger partial charge < -0.3 is 5.32 Å². The molecule has 1 amide bonds. The van der Waals surface area contributed by atoms with Crippen LogP contribution in [-0.4, -0.2) is 15.9 Å². The maximum absolute atomic E-state index is 13.4. The van der Waals surface area contributed by atoms with Crippen molar-refractivity contribution in [3.05, 3.63) is 76.4 Å². The zero-order valence-electron chi connectivity index (χ0n) is 12.8. The van der Waals surface area contributed by atoms with Crippen LogP contribution in [0.3, 0.4) is 0 Å². The van der Waals surface area contributed by atoms with Crippen molar-refractivity contribution in [3.63, 3.8) is 0 Å². The summed E-state index contributed by atoms with van der Waals surface area (Å²) in [5.41, 5.74) is 2.46. The molecule has 0 atom stereocenters. The van der Waals surface area contributed by atoms with Gasteiger partial charge in [-0.2, -0.15) is 0 Å². The van der Waals surface area contributed by atoms with Gasteiger partial charge in [-0.3, -0.25) is 4.79 Å². The van der Waals surface area contributed by atoms with E-state index in [1.807, 2.05) is 25.1 Å². The number of nitrogens with zero attached hydrogens (tertiary/aromatic N) is 2. The Labute approximate surface area is 146 Å². The Balaban J connectivity index is 1.87. The van der Waals surface area contributed by atoms with E-state index in [0.29, 0.717) is 16.0 Å². The fourth-order valence-electron chi connectivity index (χ4n) is 2.24. The highest BCUT2D eigenvalue weighted by atomic mass is 79.9. The van der Waals surface area contributed by atoms with Crippen LogP contribution in [0.1, 0.15) is 16.2 Å². The first-order valence-electron chi connectivity index (χ1n) is 7.19. The molecule has 6 heteroatoms. The molecular weight excluding hydrogens is 373 g/mol. The lowest BCUT2D eigenvalue weighted by Crippen LogP contribution is -2.13. The van der Waals surface area contributed by atoms with Crippen molar-refractivity contribution < 1.29 is 9.18 Å². The molecule has 24 heavy (non-hydrogen) atoms. The molecule has 1 heterocycles. The van der Waals surface area contributed by atoms with Crippen molar-refractivity contribution in [2.45, 2.75) is 6.92 Å². The number of aromatic nitrogens is 2. The SMILES string of the molecule is Cc1nccc(-c2cccc(NC(=O)c3cc(F)ccc3Br)c2)n1. The average Bonchev–Trinajstić information content (AvgIpc) is 2.57. The highest BCUT2D eigenvalue weighted by Gasteiger charge is 2.12. The van der Waals surface area contributed by atoms with Gasteiger partial charge in [-0.1, -0.05) is 12.1 Å². The van der Waals surface area contributed by atoms with Crippen LogP contribution in [0.4, 0.5) is 10.1 Å². The Kier molecular flexibility index (Phi) is 4.66. The Hall–Kier alpha value is -2.60. The van der Waals surface area contributed by atoms with E-state index < -0.39 is 11.7 Å². The zero-order chi connectivity index (χ0) is 17.1. The predicted molar refractivity (Wildman–Crippen MR) is 94.3 cm³/mol. The van der Waals surface area contributed by atoms with E-state index in [4.69, 9.17) is 0 Å². The third-order valence-corrected chi connectivity index (χ3v) is 4.06. The van der Waals surface area contributed by atoms with E-state index in [1.165, 1.54) is 18.2 Å². The Bertz CT molecular complexity index is 914. The minimum Gasteiger partial charge on any atom is -0.322 e. The van der Waals surface area contributed by atoms with Crippen LogP contribution in [0.5, 0.6) is 0 Å². The first-order chi connectivity index (χ1) is 11.5. The van der Waals surface area contributed by atoms with Gasteiger partial charge in [0.15, 0.2) is 0 Å². The number of carbonyl (C=O) groups is 1. The third kappa shape index (κ3) is 3.65. The van der Waals surface area contributed by atoms with E-state index in [0.717, 1.165) is 11.3 Å². The van der Waals surface area contributed by atoms with Crippen LogP contribution in [0.25, 0.3) is 11.3 Å². The Morgan fingerprint density at radius 3 is 2.79 bits per heavy atom. The number of anilines is 1. The average molecular weight is 386 g/mol. The third-order valence-electron chi connectivity index (χ3n) is 3.37. The summed E-state index contributed by atoms with van der Waals surface area (Å²) in [6.07, 6.45) is 1.69. The van der Waals surface area contributed by atoms with Gasteiger partial charge in [0.05, 0.1) is 11.3 Å². The van der Waals surface area contributed by atoms with Gasteiger partial charge in [0.1, 0.15) is 11.6 Å². The normalized spacial score (nSPS) is 10.5. The second-order valence-corrected chi connectivity index (χ2v) is 6.00. The van der Waals surface area contributed by atoms with Gasteiger partial charge in [0.25, 0.3) is 5.91 Å². The lowest BCUT2D eigenvalue weighted by molar-refractivity contribution is 0.102. The summed E-state index contributed by atoms with van der Waals surface area (Å²) in [6.45, 7) is 1.82. The van der Waals surface area contributed by atoms with E-state index >= 15 is 0 Å². The molecule has 0 bridgehead atoms. The standard InChI is InChI=1S/C18H13BrFN3O/c1-11-21-8-7-17(22-11)12-3-2-4-14(9-12)23-18(24)15-10-13(20)5-6-16(15)19/h2-10H,1H3,(H,23,24). The Morgan fingerprint density at radius 2 is 2.00 bits per heavy atom. The number of nitrogens with one attached hydrogen (secondary N) is 1. The predicted octanol–water partition coefficient (Wildman–Crippen LogP) is 4.61. The van der Waals surface area contributed by atoms with Crippen molar-refractivity contribution in [3.8, 4) is 11.3 Å². The molecule has 0 unspecified atom stereocenters. The minimum atomic E-state index is -0.464. The summed E-state index contributed by atoms with van der Waals surface area (Å²) in [6, 6.07) is 13.1. The van der Waals surface area contributed by atoms with E-state index in [9.17, 15) is 9.18 Å². The highest BCUT2D eigenvalue weighted by molar-refractivity contribution is 9.10. The second-order valence-electron chi connectivity index (χ2n) is 5.15. The van der Waals surface area contributed by atoms with Crippen LogP contribution in [-0.2, 0) is 0 Å². The molecule has 0 saturated heterocycles. The quantitative estimate of drug-likeness (QED) is 0.716. The van der Waals surface area contributed by atoms with Gasteiger partial charge in [-0.05, 0) is 59.3 Å². The molecule has 0 radical (unpaired) electrons. The van der Waals surface area contributed by atoms with Crippen molar-refractivity contribution in [2.75, 3.05) is 5.32 Å². The van der Waals surface area contributed by atoms with E-state index in [1.54, 1.807) is 18.3 Å². The van der Waals surface area contributed by atoms with Gasteiger partial charge in [0, 0.05) is 21.9 Å². The number of aryl methyl sites for hydroxylation is 1. The van der Waals surface area contributed by atoms with Crippen molar-refractivity contribution in [2.24, 2.45) is 0 Å². The molecule has 1 N–H and O–H groups in total. The molecule has 1 aromatic heterocycles. The molecule has 0 aliphatic heterocycles. The first-order valence-corrected chi connectivity index (χ1v) is 7.99. The monoisotopic (exact) mass is 385 g/mol. The smallest absolute Gasteiger partial charge is 0.256 e. The number of hydrogen-bond acceptors (Lipinski definition) is 3. The molecular formula is C18H13BrFN3O. The summed E-state index contributed by atoms with van der Waals surface area (Å²) in [7, 11) is 0. The number of hydrogen-bond donors (Lipinski definition) is 1. The molecule has 4 nitrogen and oxygen atoms in total. The van der Waals surface area contributed by atoms with E-state index in [-0.39, 0.29) is 5.56 Å². The molecule has 0 aliphatic carbocycles. The van der Waals surface area contributed by atoms with Gasteiger partial charge >= 0.3 is 0 Å². The summed E-state index contributed by atoms with van der Waals surface area (Å²) in [4.78, 5) is 20.8. The van der Waals surface area contributed by atoms with Gasteiger partial charge in [0.2, 0.25) is 0 Å². The maximum atomic E-state index is 13.4. The van der Waals surface area contributed by atoms with Crippen LogP contribution >= 0.6 is 15.9 Å². The molecule has 0 spiro atoms. The topological polar surface area (TPSA) is 54.9 Å². The van der Waals surface area contributed by atoms with Crippen LogP contribution in [0.2, 0.25) is 0 Å². The number of carbonyl (C=O) groups excluding carboxylic acids is 1. The lowest BCUT2D eigenvalue weighted by atomic mass is 10.1. The summed E-state index contributed by atoms with van der Waals surface area (Å²) >= 11 is 3.26. The van der Waals surface area contributed by atoms with Crippen LogP contribution < -0.4 is 5.32 Å². The fraction of sp³-hybridized carbons (Fsp3) is 0.0556. The van der Waals surface area contributed by atoms with Crippen molar-refractivity contribution in [1.29, 1.82) is 0 Å². The lowest BCUT2D eigenvalue weighted by Gasteiger charge is -2.09. The summed E-state index contributed by atoms with van der Waals surface area (Å²) < 4.78 is 13.9. The Morgan fingerprint density at radius 1 is 1.17 bits per heavy atom. The largest absolute Gasteiger partial charge is 0.322 e. The van der Waals surface area contributed by atoms with Crippen molar-refractivity contribution in [1.82, 2.24) is 9.97 Å². The maximum Gasteiger partial charge on any atom is 0.256 e. The summed E-state index contributed by atoms with van der Waals surface area (Å²) in [5, 5.41) is 2.77. The molecule has 120 valence electrons. The minimum absolute atomic E-state index is 0.235. The number of halogens is 2. The zero-order valence-corrected chi connectivity index (χ0v) is 14.3. The van der Waals surface area contributed by atoms with Crippen LogP contribution in [0, 0.1) is 12.7 Å². The highest BCUT2D eigenvalue weighted by Crippen LogP contribution is 2.23. The van der Waals surface area contributed by atoms with Crippen molar-refractivity contribution >= 4 is 27.5 Å². The molecule has 0 aliphatic rings. The molecule has 3 rings (SSSR count). The summed E-state index contributed by atoms with van der Waals surface area (Å²) in [5.74, 6) is -0.184. The van der Waals surface area contributed by atoms with Gasteiger partial charge in [-0.25, -0.2) is 14.4 Å². The number of rotatable bonds is 3. The fourth-order valence-corrected chi connectivity index (χ4v) is 2.67. The molecule has 2 aromatic carbocycles. The van der Waals surface area contributed by atoms with Crippen LogP contribution in [0.15, 0.2) is 59.2 Å². The number of benzene rings is 2. The molecule has 0 saturated carbocycles.